The third kappa shape index (κ3) is 4.26. The first-order valence-corrected chi connectivity index (χ1v) is 5.23. The molecular formula is C13H16O3. The largest absolute Gasteiger partial charge is 0.459 e. The zero-order valence-corrected chi connectivity index (χ0v) is 9.60. The molecule has 0 fully saturated rings. The fourth-order valence-electron chi connectivity index (χ4n) is 1.54. The first-order valence-electron chi connectivity index (χ1n) is 5.23. The molecule has 0 aliphatic rings. The Bertz CT molecular complexity index is 355. The zero-order valence-electron chi connectivity index (χ0n) is 9.60. The lowest BCUT2D eigenvalue weighted by atomic mass is 9.98. The Hall–Kier alpha value is -1.64. The van der Waals surface area contributed by atoms with E-state index in [1.807, 2.05) is 44.2 Å². The van der Waals surface area contributed by atoms with Crippen LogP contribution in [-0.4, -0.2) is 17.9 Å². The van der Waals surface area contributed by atoms with Gasteiger partial charge in [0.15, 0.2) is 0 Å². The average molecular weight is 220 g/mol. The van der Waals surface area contributed by atoms with E-state index in [4.69, 9.17) is 4.74 Å². The lowest BCUT2D eigenvalue weighted by Gasteiger charge is -2.24. The van der Waals surface area contributed by atoms with Gasteiger partial charge in [-0.3, -0.25) is 4.79 Å². The Morgan fingerprint density at radius 2 is 1.94 bits per heavy atom. The minimum atomic E-state index is -0.582. The summed E-state index contributed by atoms with van der Waals surface area (Å²) in [6.45, 7) is 3.67. The Kier molecular flexibility index (Phi) is 4.23. The number of benzene rings is 1. The zero-order chi connectivity index (χ0) is 12.0. The summed E-state index contributed by atoms with van der Waals surface area (Å²) in [5.74, 6) is -0.476. The molecule has 0 saturated carbocycles. The molecule has 1 rings (SSSR count). The summed E-state index contributed by atoms with van der Waals surface area (Å²) in [6, 6.07) is 9.79. The molecule has 0 amide bonds. The first kappa shape index (κ1) is 12.4. The van der Waals surface area contributed by atoms with E-state index in [0.717, 1.165) is 5.56 Å². The van der Waals surface area contributed by atoms with Crippen LogP contribution in [-0.2, 0) is 20.7 Å². The van der Waals surface area contributed by atoms with E-state index in [0.29, 0.717) is 12.7 Å². The summed E-state index contributed by atoms with van der Waals surface area (Å²) in [7, 11) is 0. The second-order valence-electron chi connectivity index (χ2n) is 4.27. The Morgan fingerprint density at radius 1 is 1.31 bits per heavy atom. The summed E-state index contributed by atoms with van der Waals surface area (Å²) >= 11 is 0. The van der Waals surface area contributed by atoms with E-state index in [1.54, 1.807) is 0 Å². The molecule has 86 valence electrons. The summed E-state index contributed by atoms with van der Waals surface area (Å²) < 4.78 is 5.21. The Balaban J connectivity index is 2.58. The number of carbonyl (C=O) groups is 2. The van der Waals surface area contributed by atoms with Gasteiger partial charge in [-0.25, -0.2) is 0 Å². The normalized spacial score (nSPS) is 10.9. The van der Waals surface area contributed by atoms with Gasteiger partial charge in [0.25, 0.3) is 0 Å². The predicted octanol–water partition coefficient (Wildman–Crippen LogP) is 2.14. The molecule has 0 bridgehead atoms. The predicted molar refractivity (Wildman–Crippen MR) is 61.0 cm³/mol. The van der Waals surface area contributed by atoms with E-state index in [2.05, 4.69) is 0 Å². The van der Waals surface area contributed by atoms with Crippen LogP contribution in [0.5, 0.6) is 0 Å². The summed E-state index contributed by atoms with van der Waals surface area (Å²) in [5.41, 5.74) is 0.521. The SMILES string of the molecule is CC(C)(Cc1ccccc1)OC(=O)CC=O. The molecule has 0 spiro atoms. The molecule has 3 nitrogen and oxygen atoms in total. The highest BCUT2D eigenvalue weighted by Crippen LogP contribution is 2.17. The van der Waals surface area contributed by atoms with Crippen molar-refractivity contribution in [2.45, 2.75) is 32.3 Å². The van der Waals surface area contributed by atoms with Crippen LogP contribution in [0.3, 0.4) is 0 Å². The van der Waals surface area contributed by atoms with Gasteiger partial charge in [-0.2, -0.15) is 0 Å². The molecule has 0 heterocycles. The standard InChI is InChI=1S/C13H16O3/c1-13(2,16-12(15)8-9-14)10-11-6-4-3-5-7-11/h3-7,9H,8,10H2,1-2H3. The van der Waals surface area contributed by atoms with Crippen molar-refractivity contribution in [3.63, 3.8) is 0 Å². The second kappa shape index (κ2) is 5.45. The first-order chi connectivity index (χ1) is 7.53. The molecule has 0 aromatic heterocycles. The smallest absolute Gasteiger partial charge is 0.313 e. The maximum absolute atomic E-state index is 11.2. The van der Waals surface area contributed by atoms with Gasteiger partial charge in [-0.15, -0.1) is 0 Å². The van der Waals surface area contributed by atoms with Gasteiger partial charge in [-0.1, -0.05) is 30.3 Å². The molecule has 1 aromatic rings. The molecule has 16 heavy (non-hydrogen) atoms. The van der Waals surface area contributed by atoms with Gasteiger partial charge < -0.3 is 9.53 Å². The van der Waals surface area contributed by atoms with Crippen LogP contribution in [0.2, 0.25) is 0 Å². The van der Waals surface area contributed by atoms with Crippen LogP contribution in [0.4, 0.5) is 0 Å². The van der Waals surface area contributed by atoms with Crippen molar-refractivity contribution >= 4 is 12.3 Å². The van der Waals surface area contributed by atoms with Crippen LogP contribution in [0.15, 0.2) is 30.3 Å². The fraction of sp³-hybridized carbons (Fsp3) is 0.385. The number of esters is 1. The molecule has 3 heteroatoms. The molecule has 1 aromatic carbocycles. The summed E-state index contributed by atoms with van der Waals surface area (Å²) in [6.07, 6.45) is 1.01. The monoisotopic (exact) mass is 220 g/mol. The average Bonchev–Trinajstić information content (AvgIpc) is 2.17. The van der Waals surface area contributed by atoms with Gasteiger partial charge in [0, 0.05) is 6.42 Å². The lowest BCUT2D eigenvalue weighted by molar-refractivity contribution is -0.156. The van der Waals surface area contributed by atoms with E-state index < -0.39 is 11.6 Å². The maximum Gasteiger partial charge on any atom is 0.313 e. The van der Waals surface area contributed by atoms with Crippen molar-refractivity contribution in [1.29, 1.82) is 0 Å². The maximum atomic E-state index is 11.2. The fourth-order valence-corrected chi connectivity index (χ4v) is 1.54. The quantitative estimate of drug-likeness (QED) is 0.434. The van der Waals surface area contributed by atoms with E-state index in [-0.39, 0.29) is 6.42 Å². The molecule has 0 saturated heterocycles. The number of rotatable bonds is 5. The number of ether oxygens (including phenoxy) is 1. The van der Waals surface area contributed by atoms with E-state index in [9.17, 15) is 9.59 Å². The van der Waals surface area contributed by atoms with Crippen molar-refractivity contribution < 1.29 is 14.3 Å². The van der Waals surface area contributed by atoms with Crippen molar-refractivity contribution in [2.24, 2.45) is 0 Å². The minimum Gasteiger partial charge on any atom is -0.459 e. The van der Waals surface area contributed by atoms with Gasteiger partial charge in [0.1, 0.15) is 18.3 Å². The van der Waals surface area contributed by atoms with Crippen LogP contribution < -0.4 is 0 Å². The molecule has 0 aliphatic heterocycles. The van der Waals surface area contributed by atoms with Gasteiger partial charge in [0.2, 0.25) is 0 Å². The second-order valence-corrected chi connectivity index (χ2v) is 4.27. The number of hydrogen-bond acceptors (Lipinski definition) is 3. The lowest BCUT2D eigenvalue weighted by Crippen LogP contribution is -2.30. The number of aldehydes is 1. The van der Waals surface area contributed by atoms with Crippen molar-refractivity contribution in [1.82, 2.24) is 0 Å². The summed E-state index contributed by atoms with van der Waals surface area (Å²) in [5, 5.41) is 0. The Labute approximate surface area is 95.4 Å². The highest BCUT2D eigenvalue weighted by molar-refractivity contribution is 5.83. The number of hydrogen-bond donors (Lipinski definition) is 0. The topological polar surface area (TPSA) is 43.4 Å². The molecule has 0 N–H and O–H groups in total. The highest BCUT2D eigenvalue weighted by atomic mass is 16.6. The molecule has 0 radical (unpaired) electrons. The van der Waals surface area contributed by atoms with Crippen LogP contribution in [0, 0.1) is 0 Å². The van der Waals surface area contributed by atoms with E-state index >= 15 is 0 Å². The van der Waals surface area contributed by atoms with Crippen molar-refractivity contribution in [3.8, 4) is 0 Å². The molecule has 0 atom stereocenters. The molecule has 0 aliphatic carbocycles. The van der Waals surface area contributed by atoms with Crippen molar-refractivity contribution in [2.75, 3.05) is 0 Å². The van der Waals surface area contributed by atoms with Crippen molar-refractivity contribution in [3.05, 3.63) is 35.9 Å². The van der Waals surface area contributed by atoms with Crippen LogP contribution in [0.1, 0.15) is 25.8 Å². The van der Waals surface area contributed by atoms with Gasteiger partial charge in [-0.05, 0) is 19.4 Å². The minimum absolute atomic E-state index is 0.182. The van der Waals surface area contributed by atoms with Gasteiger partial charge in [0.05, 0.1) is 0 Å². The molecule has 0 unspecified atom stereocenters. The Morgan fingerprint density at radius 3 is 2.50 bits per heavy atom. The van der Waals surface area contributed by atoms with Crippen LogP contribution in [0.25, 0.3) is 0 Å². The summed E-state index contributed by atoms with van der Waals surface area (Å²) in [4.78, 5) is 21.4. The third-order valence-electron chi connectivity index (χ3n) is 2.11. The van der Waals surface area contributed by atoms with Gasteiger partial charge >= 0.3 is 5.97 Å². The van der Waals surface area contributed by atoms with Crippen LogP contribution >= 0.6 is 0 Å². The third-order valence-corrected chi connectivity index (χ3v) is 2.11. The molecular weight excluding hydrogens is 204 g/mol. The number of carbonyl (C=O) groups excluding carboxylic acids is 2. The van der Waals surface area contributed by atoms with E-state index in [1.165, 1.54) is 0 Å². The highest BCUT2D eigenvalue weighted by Gasteiger charge is 2.22.